The normalized spacial score (nSPS) is 31.5. The summed E-state index contributed by atoms with van der Waals surface area (Å²) in [6.07, 6.45) is 8.67. The summed E-state index contributed by atoms with van der Waals surface area (Å²) >= 11 is 0. The summed E-state index contributed by atoms with van der Waals surface area (Å²) in [7, 11) is 0. The first-order chi connectivity index (χ1) is 6.61. The van der Waals surface area contributed by atoms with Crippen LogP contribution in [0.2, 0.25) is 0 Å². The fraction of sp³-hybridized carbons (Fsp3) is 1.00. The van der Waals surface area contributed by atoms with Gasteiger partial charge in [0.05, 0.1) is 0 Å². The molecule has 0 bridgehead atoms. The van der Waals surface area contributed by atoms with Gasteiger partial charge in [-0.1, -0.05) is 40.0 Å². The van der Waals surface area contributed by atoms with Gasteiger partial charge in [-0.15, -0.1) is 0 Å². The molecule has 1 N–H and O–H groups in total. The fourth-order valence-electron chi connectivity index (χ4n) is 3.52. The third-order valence-electron chi connectivity index (χ3n) is 4.81. The summed E-state index contributed by atoms with van der Waals surface area (Å²) in [5.41, 5.74) is 1.19. The lowest BCUT2D eigenvalue weighted by Crippen LogP contribution is -2.68. The molecule has 14 heavy (non-hydrogen) atoms. The van der Waals surface area contributed by atoms with E-state index in [0.29, 0.717) is 10.8 Å². The predicted molar refractivity (Wildman–Crippen MR) is 61.4 cm³/mol. The van der Waals surface area contributed by atoms with Gasteiger partial charge in [0, 0.05) is 12.6 Å². The molecule has 2 rings (SSSR count). The minimum atomic E-state index is 0.496. The van der Waals surface area contributed by atoms with E-state index >= 15 is 0 Å². The molecule has 1 heteroatoms. The predicted octanol–water partition coefficient (Wildman–Crippen LogP) is 3.34. The molecule has 82 valence electrons. The summed E-state index contributed by atoms with van der Waals surface area (Å²) in [5.74, 6) is 0. The molecule has 1 aliphatic heterocycles. The highest BCUT2D eigenvalue weighted by molar-refractivity contribution is 5.08. The van der Waals surface area contributed by atoms with E-state index in [-0.39, 0.29) is 0 Å². The Morgan fingerprint density at radius 3 is 2.29 bits per heavy atom. The second-order valence-electron chi connectivity index (χ2n) is 6.08. The van der Waals surface area contributed by atoms with E-state index in [1.807, 2.05) is 0 Å². The second kappa shape index (κ2) is 3.52. The average molecular weight is 195 g/mol. The van der Waals surface area contributed by atoms with E-state index in [2.05, 4.69) is 26.1 Å². The molecule has 1 nitrogen and oxygen atoms in total. The Hall–Kier alpha value is -0.0400. The summed E-state index contributed by atoms with van der Waals surface area (Å²) in [5, 5.41) is 3.70. The maximum Gasteiger partial charge on any atom is 0.0187 e. The SMILES string of the molecule is CCC(C)(C)C1NCC12CCCCC2. The van der Waals surface area contributed by atoms with Crippen LogP contribution in [-0.2, 0) is 0 Å². The number of rotatable bonds is 2. The Morgan fingerprint density at radius 2 is 1.86 bits per heavy atom. The van der Waals surface area contributed by atoms with E-state index in [1.165, 1.54) is 45.1 Å². The van der Waals surface area contributed by atoms with E-state index in [9.17, 15) is 0 Å². The summed E-state index contributed by atoms with van der Waals surface area (Å²) < 4.78 is 0. The van der Waals surface area contributed by atoms with Crippen molar-refractivity contribution in [1.82, 2.24) is 5.32 Å². The molecule has 1 saturated heterocycles. The maximum atomic E-state index is 3.70. The zero-order chi connectivity index (χ0) is 10.2. The molecule has 0 aromatic heterocycles. The van der Waals surface area contributed by atoms with Crippen LogP contribution < -0.4 is 5.32 Å². The van der Waals surface area contributed by atoms with Gasteiger partial charge < -0.3 is 5.32 Å². The Balaban J connectivity index is 2.07. The van der Waals surface area contributed by atoms with Crippen LogP contribution in [0, 0.1) is 10.8 Å². The smallest absolute Gasteiger partial charge is 0.0187 e. The molecule has 1 atom stereocenters. The third kappa shape index (κ3) is 1.50. The quantitative estimate of drug-likeness (QED) is 0.712. The van der Waals surface area contributed by atoms with Crippen molar-refractivity contribution in [2.45, 2.75) is 65.3 Å². The van der Waals surface area contributed by atoms with Gasteiger partial charge in [0.15, 0.2) is 0 Å². The van der Waals surface area contributed by atoms with Crippen LogP contribution in [0.15, 0.2) is 0 Å². The molecule has 0 amide bonds. The van der Waals surface area contributed by atoms with E-state index in [0.717, 1.165) is 6.04 Å². The molecule has 2 aliphatic rings. The van der Waals surface area contributed by atoms with E-state index < -0.39 is 0 Å². The Labute approximate surface area is 88.7 Å². The maximum absolute atomic E-state index is 3.70. The number of nitrogens with one attached hydrogen (secondary N) is 1. The standard InChI is InChI=1S/C13H25N/c1-4-12(2,3)11-13(10-14-11)8-6-5-7-9-13/h11,14H,4-10H2,1-3H3. The lowest BCUT2D eigenvalue weighted by molar-refractivity contribution is -0.0321. The molecule has 0 aromatic carbocycles. The molecule has 0 radical (unpaired) electrons. The van der Waals surface area contributed by atoms with Crippen LogP contribution in [0.3, 0.4) is 0 Å². The molecule has 1 unspecified atom stereocenters. The molecular weight excluding hydrogens is 170 g/mol. The van der Waals surface area contributed by atoms with Crippen LogP contribution in [0.1, 0.15) is 59.3 Å². The van der Waals surface area contributed by atoms with Gasteiger partial charge in [-0.05, 0) is 30.1 Å². The van der Waals surface area contributed by atoms with Crippen LogP contribution in [-0.4, -0.2) is 12.6 Å². The van der Waals surface area contributed by atoms with E-state index in [4.69, 9.17) is 0 Å². The topological polar surface area (TPSA) is 12.0 Å². The van der Waals surface area contributed by atoms with Crippen LogP contribution >= 0.6 is 0 Å². The third-order valence-corrected chi connectivity index (χ3v) is 4.81. The van der Waals surface area contributed by atoms with Crippen LogP contribution in [0.4, 0.5) is 0 Å². The molecular formula is C13H25N. The minimum Gasteiger partial charge on any atom is -0.312 e. The number of hydrogen-bond acceptors (Lipinski definition) is 1. The van der Waals surface area contributed by atoms with Crippen molar-refractivity contribution in [3.05, 3.63) is 0 Å². The van der Waals surface area contributed by atoms with Gasteiger partial charge in [0.25, 0.3) is 0 Å². The van der Waals surface area contributed by atoms with E-state index in [1.54, 1.807) is 0 Å². The van der Waals surface area contributed by atoms with Crippen molar-refractivity contribution in [2.24, 2.45) is 10.8 Å². The molecule has 1 aliphatic carbocycles. The van der Waals surface area contributed by atoms with Crippen molar-refractivity contribution in [3.63, 3.8) is 0 Å². The largest absolute Gasteiger partial charge is 0.312 e. The highest BCUT2D eigenvalue weighted by Gasteiger charge is 2.52. The van der Waals surface area contributed by atoms with Gasteiger partial charge in [-0.2, -0.15) is 0 Å². The Morgan fingerprint density at radius 1 is 1.21 bits per heavy atom. The van der Waals surface area contributed by atoms with Gasteiger partial charge >= 0.3 is 0 Å². The van der Waals surface area contributed by atoms with Crippen LogP contribution in [0.25, 0.3) is 0 Å². The summed E-state index contributed by atoms with van der Waals surface area (Å²) in [6.45, 7) is 8.48. The Bertz CT molecular complexity index is 201. The first-order valence-electron chi connectivity index (χ1n) is 6.34. The number of hydrogen-bond donors (Lipinski definition) is 1. The zero-order valence-corrected chi connectivity index (χ0v) is 10.0. The van der Waals surface area contributed by atoms with Gasteiger partial charge in [0.2, 0.25) is 0 Å². The summed E-state index contributed by atoms with van der Waals surface area (Å²) in [6, 6.07) is 0.792. The lowest BCUT2D eigenvalue weighted by Gasteiger charge is -2.59. The van der Waals surface area contributed by atoms with Crippen molar-refractivity contribution in [2.75, 3.05) is 6.54 Å². The molecule has 1 heterocycles. The highest BCUT2D eigenvalue weighted by atomic mass is 15.1. The van der Waals surface area contributed by atoms with Crippen molar-refractivity contribution < 1.29 is 0 Å². The van der Waals surface area contributed by atoms with Gasteiger partial charge in [-0.3, -0.25) is 0 Å². The average Bonchev–Trinajstić information content (AvgIpc) is 2.17. The Kier molecular flexibility index (Phi) is 2.63. The first-order valence-corrected chi connectivity index (χ1v) is 6.34. The monoisotopic (exact) mass is 195 g/mol. The lowest BCUT2D eigenvalue weighted by atomic mass is 9.56. The van der Waals surface area contributed by atoms with Gasteiger partial charge in [0.1, 0.15) is 0 Å². The first kappa shape index (κ1) is 10.5. The highest BCUT2D eigenvalue weighted by Crippen LogP contribution is 2.50. The summed E-state index contributed by atoms with van der Waals surface area (Å²) in [4.78, 5) is 0. The van der Waals surface area contributed by atoms with Crippen molar-refractivity contribution in [3.8, 4) is 0 Å². The molecule has 1 saturated carbocycles. The molecule has 2 fully saturated rings. The van der Waals surface area contributed by atoms with Crippen LogP contribution in [0.5, 0.6) is 0 Å². The van der Waals surface area contributed by atoms with Crippen molar-refractivity contribution >= 4 is 0 Å². The second-order valence-corrected chi connectivity index (χ2v) is 6.08. The zero-order valence-electron chi connectivity index (χ0n) is 10.0. The molecule has 1 spiro atoms. The van der Waals surface area contributed by atoms with Gasteiger partial charge in [-0.25, -0.2) is 0 Å². The minimum absolute atomic E-state index is 0.496. The molecule has 0 aromatic rings. The fourth-order valence-corrected chi connectivity index (χ4v) is 3.52. The van der Waals surface area contributed by atoms with Crippen molar-refractivity contribution in [1.29, 1.82) is 0 Å².